The first-order valence-electron chi connectivity index (χ1n) is 6.09. The zero-order chi connectivity index (χ0) is 14.8. The molecule has 0 spiro atoms. The molecule has 1 fully saturated rings. The molecule has 0 aliphatic carbocycles. The molecule has 1 saturated heterocycles. The van der Waals surface area contributed by atoms with Gasteiger partial charge in [-0.05, 0) is 27.7 Å². The van der Waals surface area contributed by atoms with Crippen molar-refractivity contribution in [2.45, 2.75) is 39.2 Å². The lowest BCUT2D eigenvalue weighted by molar-refractivity contribution is -0.157. The molecule has 0 radical (unpaired) electrons. The second kappa shape index (κ2) is 5.30. The van der Waals surface area contributed by atoms with Crippen molar-refractivity contribution in [2.75, 3.05) is 19.7 Å². The summed E-state index contributed by atoms with van der Waals surface area (Å²) in [6.45, 7) is 5.27. The topological polar surface area (TPSA) is 55.8 Å². The van der Waals surface area contributed by atoms with Crippen LogP contribution in [-0.4, -0.2) is 48.2 Å². The maximum absolute atomic E-state index is 13.7. The van der Waals surface area contributed by atoms with Gasteiger partial charge in [-0.2, -0.15) is 0 Å². The van der Waals surface area contributed by atoms with Crippen molar-refractivity contribution < 1.29 is 27.8 Å². The monoisotopic (exact) mass is 279 g/mol. The number of nitrogens with zero attached hydrogens (tertiary/aromatic N) is 1. The molecule has 19 heavy (non-hydrogen) atoms. The van der Waals surface area contributed by atoms with Crippen LogP contribution in [0.4, 0.5) is 13.6 Å². The number of alkyl halides is 2. The Morgan fingerprint density at radius 3 is 2.42 bits per heavy atom. The highest BCUT2D eigenvalue weighted by molar-refractivity contribution is 5.77. The van der Waals surface area contributed by atoms with E-state index in [1.165, 1.54) is 6.92 Å². The van der Waals surface area contributed by atoms with E-state index in [2.05, 4.69) is 4.74 Å². The van der Waals surface area contributed by atoms with Crippen molar-refractivity contribution in [2.24, 2.45) is 5.92 Å². The molecule has 1 heterocycles. The van der Waals surface area contributed by atoms with Crippen LogP contribution < -0.4 is 0 Å². The highest BCUT2D eigenvalue weighted by Crippen LogP contribution is 2.34. The first-order valence-corrected chi connectivity index (χ1v) is 6.09. The molecule has 0 unspecified atom stereocenters. The van der Waals surface area contributed by atoms with Crippen LogP contribution in [0.15, 0.2) is 0 Å². The van der Waals surface area contributed by atoms with Gasteiger partial charge in [0.05, 0.1) is 13.2 Å². The molecule has 1 aliphatic heterocycles. The predicted molar refractivity (Wildman–Crippen MR) is 62.9 cm³/mol. The standard InChI is InChI=1S/C12H19F2NO4/c1-5-18-9(16)8-6-15(7-12(8,13)14)10(17)19-11(2,3)4/h8H,5-7H2,1-4H3/t8-/m1/s1. The van der Waals surface area contributed by atoms with E-state index >= 15 is 0 Å². The van der Waals surface area contributed by atoms with Crippen LogP contribution in [0, 0.1) is 5.92 Å². The Labute approximate surface area is 110 Å². The molecule has 1 atom stereocenters. The summed E-state index contributed by atoms with van der Waals surface area (Å²) >= 11 is 0. The maximum Gasteiger partial charge on any atom is 0.410 e. The lowest BCUT2D eigenvalue weighted by atomic mass is 10.1. The Kier molecular flexibility index (Phi) is 4.37. The fourth-order valence-corrected chi connectivity index (χ4v) is 1.74. The Hall–Kier alpha value is -1.40. The Bertz CT molecular complexity index is 365. The average Bonchev–Trinajstić information content (AvgIpc) is 2.52. The molecule has 0 saturated carbocycles. The zero-order valence-corrected chi connectivity index (χ0v) is 11.5. The minimum absolute atomic E-state index is 0.0256. The second-order valence-electron chi connectivity index (χ2n) is 5.43. The molecule has 5 nitrogen and oxygen atoms in total. The van der Waals surface area contributed by atoms with E-state index in [1.807, 2.05) is 0 Å². The van der Waals surface area contributed by atoms with Gasteiger partial charge in [-0.15, -0.1) is 0 Å². The van der Waals surface area contributed by atoms with E-state index < -0.39 is 36.0 Å². The summed E-state index contributed by atoms with van der Waals surface area (Å²) in [7, 11) is 0. The lowest BCUT2D eigenvalue weighted by Crippen LogP contribution is -2.36. The summed E-state index contributed by atoms with van der Waals surface area (Å²) in [6, 6.07) is 0. The number of esters is 1. The fraction of sp³-hybridized carbons (Fsp3) is 0.833. The number of rotatable bonds is 2. The molecule has 1 amide bonds. The third-order valence-corrected chi connectivity index (χ3v) is 2.54. The summed E-state index contributed by atoms with van der Waals surface area (Å²) in [5, 5.41) is 0. The van der Waals surface area contributed by atoms with Crippen LogP contribution in [0.1, 0.15) is 27.7 Å². The van der Waals surface area contributed by atoms with Crippen LogP contribution in [-0.2, 0) is 14.3 Å². The normalized spacial score (nSPS) is 22.2. The van der Waals surface area contributed by atoms with Gasteiger partial charge in [0.2, 0.25) is 0 Å². The van der Waals surface area contributed by atoms with Gasteiger partial charge in [-0.3, -0.25) is 4.79 Å². The van der Waals surface area contributed by atoms with Gasteiger partial charge in [-0.25, -0.2) is 13.6 Å². The number of amides is 1. The third-order valence-electron chi connectivity index (χ3n) is 2.54. The van der Waals surface area contributed by atoms with Gasteiger partial charge in [0, 0.05) is 6.54 Å². The molecule has 0 bridgehead atoms. The van der Waals surface area contributed by atoms with Crippen LogP contribution in [0.25, 0.3) is 0 Å². The summed E-state index contributed by atoms with van der Waals surface area (Å²) in [5.74, 6) is -5.90. The van der Waals surface area contributed by atoms with Crippen molar-refractivity contribution in [3.63, 3.8) is 0 Å². The van der Waals surface area contributed by atoms with E-state index in [9.17, 15) is 18.4 Å². The number of carbonyl (C=O) groups excluding carboxylic acids is 2. The van der Waals surface area contributed by atoms with Crippen LogP contribution in [0.5, 0.6) is 0 Å². The molecule has 110 valence electrons. The van der Waals surface area contributed by atoms with Gasteiger partial charge in [0.15, 0.2) is 0 Å². The molecule has 1 aliphatic rings. The van der Waals surface area contributed by atoms with Crippen molar-refractivity contribution in [3.8, 4) is 0 Å². The lowest BCUT2D eigenvalue weighted by Gasteiger charge is -2.24. The van der Waals surface area contributed by atoms with Gasteiger partial charge in [-0.1, -0.05) is 0 Å². The van der Waals surface area contributed by atoms with Crippen molar-refractivity contribution in [1.29, 1.82) is 0 Å². The largest absolute Gasteiger partial charge is 0.466 e. The molecule has 0 aromatic heterocycles. The maximum atomic E-state index is 13.7. The van der Waals surface area contributed by atoms with E-state index in [1.54, 1.807) is 20.8 Å². The molecular weight excluding hydrogens is 260 g/mol. The van der Waals surface area contributed by atoms with Crippen LogP contribution in [0.3, 0.4) is 0 Å². The molecule has 0 aromatic rings. The number of hydrogen-bond donors (Lipinski definition) is 0. The van der Waals surface area contributed by atoms with Gasteiger partial charge < -0.3 is 14.4 Å². The molecule has 7 heteroatoms. The molecule has 1 rings (SSSR count). The second-order valence-corrected chi connectivity index (χ2v) is 5.43. The SMILES string of the molecule is CCOC(=O)[C@H]1CN(C(=O)OC(C)(C)C)CC1(F)F. The van der Waals surface area contributed by atoms with Crippen molar-refractivity contribution in [3.05, 3.63) is 0 Å². The fourth-order valence-electron chi connectivity index (χ4n) is 1.74. The van der Waals surface area contributed by atoms with Gasteiger partial charge >= 0.3 is 12.1 Å². The van der Waals surface area contributed by atoms with Crippen LogP contribution in [0.2, 0.25) is 0 Å². The average molecular weight is 279 g/mol. The quantitative estimate of drug-likeness (QED) is 0.726. The Morgan fingerprint density at radius 1 is 1.37 bits per heavy atom. The molecular formula is C12H19F2NO4. The Balaban J connectivity index is 2.72. The van der Waals surface area contributed by atoms with Crippen LogP contribution >= 0.6 is 0 Å². The number of hydrogen-bond acceptors (Lipinski definition) is 4. The minimum atomic E-state index is -3.29. The van der Waals surface area contributed by atoms with E-state index in [-0.39, 0.29) is 13.2 Å². The summed E-state index contributed by atoms with van der Waals surface area (Å²) < 4.78 is 36.9. The minimum Gasteiger partial charge on any atom is -0.466 e. The highest BCUT2D eigenvalue weighted by atomic mass is 19.3. The van der Waals surface area contributed by atoms with E-state index in [0.29, 0.717) is 0 Å². The first-order chi connectivity index (χ1) is 8.57. The number of ether oxygens (including phenoxy) is 2. The Morgan fingerprint density at radius 2 is 1.95 bits per heavy atom. The molecule has 0 N–H and O–H groups in total. The highest BCUT2D eigenvalue weighted by Gasteiger charge is 2.54. The van der Waals surface area contributed by atoms with Gasteiger partial charge in [0.25, 0.3) is 5.92 Å². The summed E-state index contributed by atoms with van der Waals surface area (Å²) in [5.41, 5.74) is -0.769. The smallest absolute Gasteiger partial charge is 0.410 e. The summed E-state index contributed by atoms with van der Waals surface area (Å²) in [4.78, 5) is 24.0. The van der Waals surface area contributed by atoms with Crippen molar-refractivity contribution >= 4 is 12.1 Å². The predicted octanol–water partition coefficient (Wildman–Crippen LogP) is 2.05. The van der Waals surface area contributed by atoms with Crippen molar-refractivity contribution in [1.82, 2.24) is 4.90 Å². The molecule has 0 aromatic carbocycles. The first kappa shape index (κ1) is 15.7. The zero-order valence-electron chi connectivity index (χ0n) is 11.5. The van der Waals surface area contributed by atoms with Gasteiger partial charge in [0.1, 0.15) is 11.5 Å². The number of halogens is 2. The van der Waals surface area contributed by atoms with E-state index in [4.69, 9.17) is 4.74 Å². The van der Waals surface area contributed by atoms with E-state index in [0.717, 1.165) is 4.90 Å². The number of carbonyl (C=O) groups is 2. The number of likely N-dealkylation sites (tertiary alicyclic amines) is 1. The summed E-state index contributed by atoms with van der Waals surface area (Å²) in [6.07, 6.45) is -0.848. The third kappa shape index (κ3) is 4.04.